The molecule has 6 nitrogen and oxygen atoms in total. The van der Waals surface area contributed by atoms with Gasteiger partial charge in [0.2, 0.25) is 0 Å². The van der Waals surface area contributed by atoms with E-state index in [2.05, 4.69) is 0 Å². The van der Waals surface area contributed by atoms with Gasteiger partial charge < -0.3 is 5.11 Å². The van der Waals surface area contributed by atoms with E-state index in [1.165, 1.54) is 12.1 Å². The summed E-state index contributed by atoms with van der Waals surface area (Å²) in [5.74, 6) is -0.911. The number of hydrogen-bond acceptors (Lipinski definition) is 4. The molecular formula is C13H18N2O4. The summed E-state index contributed by atoms with van der Waals surface area (Å²) in [6.07, 6.45) is 0. The Kier molecular flexibility index (Phi) is 5.00. The summed E-state index contributed by atoms with van der Waals surface area (Å²) in [6.45, 7) is 5.55. The van der Waals surface area contributed by atoms with Crippen molar-refractivity contribution in [2.24, 2.45) is 0 Å². The number of carboxylic acid groups (broad SMARTS) is 1. The molecule has 0 amide bonds. The molecule has 1 N–H and O–H groups in total. The first-order valence-electron chi connectivity index (χ1n) is 6.04. The predicted molar refractivity (Wildman–Crippen MR) is 71.0 cm³/mol. The van der Waals surface area contributed by atoms with Gasteiger partial charge in [-0.05, 0) is 26.3 Å². The lowest BCUT2D eigenvalue weighted by molar-refractivity contribution is -0.385. The summed E-state index contributed by atoms with van der Waals surface area (Å²) in [6, 6.07) is 6.13. The Bertz CT molecular complexity index is 473. The molecule has 0 saturated heterocycles. The Hall–Kier alpha value is -1.95. The zero-order chi connectivity index (χ0) is 14.6. The predicted octanol–water partition coefficient (Wildman–Crippen LogP) is 2.45. The second-order valence-electron chi connectivity index (χ2n) is 4.69. The van der Waals surface area contributed by atoms with Crippen LogP contribution in [-0.4, -0.2) is 33.5 Å². The first kappa shape index (κ1) is 15.1. The highest BCUT2D eigenvalue weighted by atomic mass is 16.6. The van der Waals surface area contributed by atoms with Gasteiger partial charge in [0.05, 0.1) is 11.5 Å². The molecule has 6 heteroatoms. The normalized spacial score (nSPS) is 12.7. The van der Waals surface area contributed by atoms with Crippen molar-refractivity contribution in [3.63, 3.8) is 0 Å². The minimum atomic E-state index is -0.911. The van der Waals surface area contributed by atoms with Gasteiger partial charge in [0.15, 0.2) is 0 Å². The van der Waals surface area contributed by atoms with Crippen molar-refractivity contribution in [2.45, 2.75) is 32.9 Å². The summed E-state index contributed by atoms with van der Waals surface area (Å²) in [5, 5.41) is 19.7. The number of nitrogens with zero attached hydrogens (tertiary/aromatic N) is 2. The van der Waals surface area contributed by atoms with E-state index in [-0.39, 0.29) is 24.3 Å². The average Bonchev–Trinajstić information content (AvgIpc) is 2.34. The molecule has 0 fully saturated rings. The number of aliphatic carboxylic acids is 1. The molecule has 104 valence electrons. The lowest BCUT2D eigenvalue weighted by atomic mass is 10.0. The minimum Gasteiger partial charge on any atom is -0.480 e. The number of rotatable bonds is 6. The van der Waals surface area contributed by atoms with E-state index in [4.69, 9.17) is 5.11 Å². The fourth-order valence-corrected chi connectivity index (χ4v) is 2.01. The molecule has 0 aliphatic rings. The van der Waals surface area contributed by atoms with Gasteiger partial charge in [-0.15, -0.1) is 0 Å². The van der Waals surface area contributed by atoms with Crippen molar-refractivity contribution in [2.75, 3.05) is 6.54 Å². The molecule has 0 bridgehead atoms. The molecule has 1 atom stereocenters. The van der Waals surface area contributed by atoms with E-state index in [9.17, 15) is 14.9 Å². The van der Waals surface area contributed by atoms with Crippen LogP contribution < -0.4 is 0 Å². The molecule has 19 heavy (non-hydrogen) atoms. The van der Waals surface area contributed by atoms with Gasteiger partial charge in [-0.3, -0.25) is 19.8 Å². The van der Waals surface area contributed by atoms with Crippen LogP contribution in [0.15, 0.2) is 24.3 Å². The Balaban J connectivity index is 3.02. The maximum atomic E-state index is 10.9. The van der Waals surface area contributed by atoms with E-state index < -0.39 is 10.9 Å². The van der Waals surface area contributed by atoms with Gasteiger partial charge in [-0.25, -0.2) is 0 Å². The van der Waals surface area contributed by atoms with Crippen LogP contribution in [0.2, 0.25) is 0 Å². The smallest absolute Gasteiger partial charge is 0.317 e. The van der Waals surface area contributed by atoms with Gasteiger partial charge in [-0.1, -0.05) is 12.1 Å². The number of carbonyl (C=O) groups is 1. The zero-order valence-corrected chi connectivity index (χ0v) is 11.2. The third-order valence-corrected chi connectivity index (χ3v) is 3.04. The van der Waals surface area contributed by atoms with Gasteiger partial charge in [0.25, 0.3) is 5.69 Å². The fourth-order valence-electron chi connectivity index (χ4n) is 2.01. The molecular weight excluding hydrogens is 248 g/mol. The van der Waals surface area contributed by atoms with Crippen molar-refractivity contribution >= 4 is 11.7 Å². The maximum Gasteiger partial charge on any atom is 0.317 e. The van der Waals surface area contributed by atoms with Gasteiger partial charge in [-0.2, -0.15) is 0 Å². The summed E-state index contributed by atoms with van der Waals surface area (Å²) in [5.41, 5.74) is 0.757. The van der Waals surface area contributed by atoms with Crippen molar-refractivity contribution in [3.05, 3.63) is 39.9 Å². The molecule has 1 unspecified atom stereocenters. The fraction of sp³-hybridized carbons (Fsp3) is 0.462. The third kappa shape index (κ3) is 4.03. The van der Waals surface area contributed by atoms with Crippen LogP contribution >= 0.6 is 0 Å². The number of nitro benzene ring substituents is 1. The quantitative estimate of drug-likeness (QED) is 0.631. The Morgan fingerprint density at radius 2 is 2.05 bits per heavy atom. The van der Waals surface area contributed by atoms with E-state index in [0.717, 1.165) is 5.56 Å². The van der Waals surface area contributed by atoms with Crippen LogP contribution in [0.25, 0.3) is 0 Å². The highest BCUT2D eigenvalue weighted by molar-refractivity contribution is 5.69. The monoisotopic (exact) mass is 266 g/mol. The molecule has 0 aromatic heterocycles. The first-order valence-corrected chi connectivity index (χ1v) is 6.04. The highest BCUT2D eigenvalue weighted by Crippen LogP contribution is 2.25. The summed E-state index contributed by atoms with van der Waals surface area (Å²) < 4.78 is 0. The molecule has 0 spiro atoms. The standard InChI is InChI=1S/C13H18N2O4/c1-9(2)14(8-13(16)17)10(3)11-5-4-6-12(7-11)15(18)19/h4-7,9-10H,8H2,1-3H3,(H,16,17). The van der Waals surface area contributed by atoms with Crippen LogP contribution in [0.5, 0.6) is 0 Å². The van der Waals surface area contributed by atoms with Crippen molar-refractivity contribution in [1.82, 2.24) is 4.90 Å². The summed E-state index contributed by atoms with van der Waals surface area (Å²) in [4.78, 5) is 23.0. The second-order valence-corrected chi connectivity index (χ2v) is 4.69. The maximum absolute atomic E-state index is 10.9. The highest BCUT2D eigenvalue weighted by Gasteiger charge is 2.22. The average molecular weight is 266 g/mol. The number of hydrogen-bond donors (Lipinski definition) is 1. The zero-order valence-electron chi connectivity index (χ0n) is 11.2. The molecule has 1 rings (SSSR count). The van der Waals surface area contributed by atoms with Crippen LogP contribution in [0, 0.1) is 10.1 Å². The van der Waals surface area contributed by atoms with Crippen molar-refractivity contribution in [3.8, 4) is 0 Å². The molecule has 0 aliphatic carbocycles. The Morgan fingerprint density at radius 3 is 2.53 bits per heavy atom. The van der Waals surface area contributed by atoms with Gasteiger partial charge in [0.1, 0.15) is 0 Å². The molecule has 0 heterocycles. The van der Waals surface area contributed by atoms with Crippen LogP contribution in [0.1, 0.15) is 32.4 Å². The number of carboxylic acids is 1. The molecule has 0 aliphatic heterocycles. The van der Waals surface area contributed by atoms with Crippen LogP contribution in [0.3, 0.4) is 0 Å². The molecule has 1 aromatic carbocycles. The summed E-state index contributed by atoms with van der Waals surface area (Å²) in [7, 11) is 0. The molecule has 0 radical (unpaired) electrons. The number of benzene rings is 1. The topological polar surface area (TPSA) is 83.7 Å². The largest absolute Gasteiger partial charge is 0.480 e. The van der Waals surface area contributed by atoms with Crippen LogP contribution in [-0.2, 0) is 4.79 Å². The number of nitro groups is 1. The van der Waals surface area contributed by atoms with Gasteiger partial charge >= 0.3 is 5.97 Å². The lowest BCUT2D eigenvalue weighted by Crippen LogP contribution is -2.37. The van der Waals surface area contributed by atoms with E-state index in [1.54, 1.807) is 17.0 Å². The minimum absolute atomic E-state index is 0.0170. The summed E-state index contributed by atoms with van der Waals surface area (Å²) >= 11 is 0. The second kappa shape index (κ2) is 6.29. The molecule has 0 saturated carbocycles. The van der Waals surface area contributed by atoms with Crippen LogP contribution in [0.4, 0.5) is 5.69 Å². The van der Waals surface area contributed by atoms with E-state index in [1.807, 2.05) is 20.8 Å². The Labute approximate surface area is 111 Å². The third-order valence-electron chi connectivity index (χ3n) is 3.04. The Morgan fingerprint density at radius 1 is 1.42 bits per heavy atom. The van der Waals surface area contributed by atoms with Crippen molar-refractivity contribution < 1.29 is 14.8 Å². The number of non-ortho nitro benzene ring substituents is 1. The van der Waals surface area contributed by atoms with Crippen molar-refractivity contribution in [1.29, 1.82) is 0 Å². The van der Waals surface area contributed by atoms with E-state index >= 15 is 0 Å². The van der Waals surface area contributed by atoms with Gasteiger partial charge in [0, 0.05) is 24.2 Å². The van der Waals surface area contributed by atoms with E-state index in [0.29, 0.717) is 0 Å². The first-order chi connectivity index (χ1) is 8.82. The lowest BCUT2D eigenvalue weighted by Gasteiger charge is -2.31. The SMILES string of the molecule is CC(C)N(CC(=O)O)C(C)c1cccc([N+](=O)[O-])c1. The molecule has 1 aromatic rings.